The highest BCUT2D eigenvalue weighted by Crippen LogP contribution is 2.24. The van der Waals surface area contributed by atoms with Gasteiger partial charge in [-0.15, -0.1) is 0 Å². The monoisotopic (exact) mass is 221 g/mol. The molecular formula is C12H15NO3. The lowest BCUT2D eigenvalue weighted by molar-refractivity contribution is 0.134. The van der Waals surface area contributed by atoms with Crippen LogP contribution in [0.1, 0.15) is 12.8 Å². The van der Waals surface area contributed by atoms with E-state index in [4.69, 9.17) is 14.2 Å². The Hall–Kier alpha value is -1.29. The van der Waals surface area contributed by atoms with E-state index in [1.165, 1.54) is 5.57 Å². The molecule has 4 nitrogen and oxygen atoms in total. The Balaban J connectivity index is 1.75. The van der Waals surface area contributed by atoms with Crippen LogP contribution in [0.25, 0.3) is 0 Å². The van der Waals surface area contributed by atoms with Crippen molar-refractivity contribution in [1.29, 1.82) is 0 Å². The molecule has 0 aromatic heterocycles. The van der Waals surface area contributed by atoms with Crippen molar-refractivity contribution >= 4 is 5.90 Å². The Bertz CT molecular complexity index is 353. The van der Waals surface area contributed by atoms with Crippen molar-refractivity contribution in [2.75, 3.05) is 19.8 Å². The summed E-state index contributed by atoms with van der Waals surface area (Å²) in [5, 5.41) is 0. The first-order valence-corrected chi connectivity index (χ1v) is 5.76. The number of hydrogen-bond acceptors (Lipinski definition) is 4. The van der Waals surface area contributed by atoms with Crippen molar-refractivity contribution in [3.63, 3.8) is 0 Å². The van der Waals surface area contributed by atoms with Gasteiger partial charge in [-0.1, -0.05) is 0 Å². The van der Waals surface area contributed by atoms with Gasteiger partial charge >= 0.3 is 0 Å². The fraction of sp³-hybridized carbons (Fsp3) is 0.583. The van der Waals surface area contributed by atoms with Crippen LogP contribution in [-0.2, 0) is 14.2 Å². The zero-order valence-corrected chi connectivity index (χ0v) is 9.09. The van der Waals surface area contributed by atoms with Gasteiger partial charge in [0.05, 0.1) is 18.9 Å². The maximum absolute atomic E-state index is 5.65. The Labute approximate surface area is 94.6 Å². The van der Waals surface area contributed by atoms with Crippen LogP contribution in [-0.4, -0.2) is 37.9 Å². The lowest BCUT2D eigenvalue weighted by Gasteiger charge is -2.20. The van der Waals surface area contributed by atoms with Gasteiger partial charge < -0.3 is 14.2 Å². The average Bonchev–Trinajstić information content (AvgIpc) is 3.03. The standard InChI is InChI=1S/C12H15NO3/c1-2-10(14-5-1)9-3-6-15-11(8-9)12-13-4-7-16-12/h3,6,8,10-11H,1-2,4-5,7H2. The van der Waals surface area contributed by atoms with Crippen molar-refractivity contribution in [3.05, 3.63) is 24.0 Å². The molecule has 0 amide bonds. The van der Waals surface area contributed by atoms with Gasteiger partial charge in [-0.2, -0.15) is 0 Å². The lowest BCUT2D eigenvalue weighted by Crippen LogP contribution is -2.24. The van der Waals surface area contributed by atoms with Gasteiger partial charge in [-0.3, -0.25) is 0 Å². The summed E-state index contributed by atoms with van der Waals surface area (Å²) in [6.45, 7) is 2.27. The van der Waals surface area contributed by atoms with E-state index in [1.54, 1.807) is 6.26 Å². The summed E-state index contributed by atoms with van der Waals surface area (Å²) >= 11 is 0. The number of hydrogen-bond donors (Lipinski definition) is 0. The van der Waals surface area contributed by atoms with Crippen LogP contribution in [0.5, 0.6) is 0 Å². The summed E-state index contributed by atoms with van der Waals surface area (Å²) in [4.78, 5) is 4.27. The topological polar surface area (TPSA) is 40.0 Å². The van der Waals surface area contributed by atoms with Crippen LogP contribution >= 0.6 is 0 Å². The van der Waals surface area contributed by atoms with E-state index in [1.807, 2.05) is 6.08 Å². The molecule has 1 fully saturated rings. The third kappa shape index (κ3) is 1.85. The van der Waals surface area contributed by atoms with Gasteiger partial charge in [0, 0.05) is 6.61 Å². The van der Waals surface area contributed by atoms with Gasteiger partial charge in [0.15, 0.2) is 6.10 Å². The van der Waals surface area contributed by atoms with E-state index in [9.17, 15) is 0 Å². The highest BCUT2D eigenvalue weighted by molar-refractivity contribution is 5.84. The largest absolute Gasteiger partial charge is 0.484 e. The molecule has 3 heterocycles. The minimum Gasteiger partial charge on any atom is -0.484 e. The second-order valence-electron chi connectivity index (χ2n) is 4.10. The lowest BCUT2D eigenvalue weighted by atomic mass is 10.0. The first-order chi connectivity index (χ1) is 7.93. The zero-order chi connectivity index (χ0) is 10.8. The van der Waals surface area contributed by atoms with Crippen molar-refractivity contribution in [3.8, 4) is 0 Å². The quantitative estimate of drug-likeness (QED) is 0.708. The Kier molecular flexibility index (Phi) is 2.66. The molecule has 0 aromatic rings. The highest BCUT2D eigenvalue weighted by Gasteiger charge is 2.26. The molecule has 0 aliphatic carbocycles. The van der Waals surface area contributed by atoms with Crippen LogP contribution in [0.15, 0.2) is 29.0 Å². The molecule has 0 aromatic carbocycles. The minimum atomic E-state index is -0.160. The van der Waals surface area contributed by atoms with E-state index < -0.39 is 0 Å². The summed E-state index contributed by atoms with van der Waals surface area (Å²) in [5.41, 5.74) is 1.19. The van der Waals surface area contributed by atoms with Crippen LogP contribution in [0.2, 0.25) is 0 Å². The molecule has 2 unspecified atom stereocenters. The molecule has 1 saturated heterocycles. The number of nitrogens with zero attached hydrogens (tertiary/aromatic N) is 1. The van der Waals surface area contributed by atoms with E-state index >= 15 is 0 Å². The third-order valence-electron chi connectivity index (χ3n) is 2.98. The van der Waals surface area contributed by atoms with Crippen molar-refractivity contribution in [1.82, 2.24) is 0 Å². The Morgan fingerprint density at radius 3 is 3.06 bits per heavy atom. The van der Waals surface area contributed by atoms with Crippen molar-refractivity contribution < 1.29 is 14.2 Å². The molecule has 3 aliphatic rings. The second-order valence-corrected chi connectivity index (χ2v) is 4.10. The predicted molar refractivity (Wildman–Crippen MR) is 59.3 cm³/mol. The molecule has 0 saturated carbocycles. The fourth-order valence-corrected chi connectivity index (χ4v) is 2.18. The Morgan fingerprint density at radius 2 is 2.31 bits per heavy atom. The minimum absolute atomic E-state index is 0.160. The van der Waals surface area contributed by atoms with Gasteiger partial charge in [0.1, 0.15) is 6.61 Å². The maximum Gasteiger partial charge on any atom is 0.230 e. The first-order valence-electron chi connectivity index (χ1n) is 5.76. The summed E-state index contributed by atoms with van der Waals surface area (Å²) in [5.74, 6) is 0.694. The average molecular weight is 221 g/mol. The van der Waals surface area contributed by atoms with Crippen LogP contribution < -0.4 is 0 Å². The summed E-state index contributed by atoms with van der Waals surface area (Å²) in [6.07, 6.45) is 8.04. The molecule has 0 radical (unpaired) electrons. The van der Waals surface area contributed by atoms with E-state index in [2.05, 4.69) is 11.1 Å². The molecule has 16 heavy (non-hydrogen) atoms. The molecule has 86 valence electrons. The summed E-state index contributed by atoms with van der Waals surface area (Å²) in [7, 11) is 0. The molecule has 3 rings (SSSR count). The highest BCUT2D eigenvalue weighted by atomic mass is 16.5. The van der Waals surface area contributed by atoms with Gasteiger partial charge in [0.2, 0.25) is 5.90 Å². The number of rotatable bonds is 2. The third-order valence-corrected chi connectivity index (χ3v) is 2.98. The zero-order valence-electron chi connectivity index (χ0n) is 9.09. The van der Waals surface area contributed by atoms with E-state index in [-0.39, 0.29) is 12.2 Å². The molecular weight excluding hydrogens is 206 g/mol. The van der Waals surface area contributed by atoms with Crippen LogP contribution in [0.4, 0.5) is 0 Å². The smallest absolute Gasteiger partial charge is 0.230 e. The van der Waals surface area contributed by atoms with E-state index in [0.29, 0.717) is 12.5 Å². The second kappa shape index (κ2) is 4.29. The summed E-state index contributed by atoms with van der Waals surface area (Å²) < 4.78 is 16.5. The molecule has 4 heteroatoms. The number of ether oxygens (including phenoxy) is 3. The molecule has 0 bridgehead atoms. The molecule has 0 spiro atoms. The molecule has 2 atom stereocenters. The molecule has 0 N–H and O–H groups in total. The van der Waals surface area contributed by atoms with Gasteiger partial charge in [0.25, 0.3) is 0 Å². The van der Waals surface area contributed by atoms with Crippen LogP contribution in [0.3, 0.4) is 0 Å². The first kappa shape index (κ1) is 9.90. The SMILES string of the molecule is C1=CC(C2CCCO2)=CC(C2=NCCO2)O1. The fourth-order valence-electron chi connectivity index (χ4n) is 2.18. The van der Waals surface area contributed by atoms with Gasteiger partial charge in [-0.25, -0.2) is 4.99 Å². The Morgan fingerprint density at radius 1 is 1.31 bits per heavy atom. The normalized spacial score (nSPS) is 33.0. The number of aliphatic imine (C=N–C) groups is 1. The van der Waals surface area contributed by atoms with Crippen molar-refractivity contribution in [2.24, 2.45) is 4.99 Å². The van der Waals surface area contributed by atoms with Gasteiger partial charge in [-0.05, 0) is 30.6 Å². The maximum atomic E-state index is 5.65. The summed E-state index contributed by atoms with van der Waals surface area (Å²) in [6, 6.07) is 0. The van der Waals surface area contributed by atoms with Crippen LogP contribution in [0, 0.1) is 0 Å². The predicted octanol–water partition coefficient (Wildman–Crippen LogP) is 1.43. The van der Waals surface area contributed by atoms with Crippen molar-refractivity contribution in [2.45, 2.75) is 25.0 Å². The van der Waals surface area contributed by atoms with E-state index in [0.717, 1.165) is 26.0 Å². The molecule has 3 aliphatic heterocycles.